The van der Waals surface area contributed by atoms with Gasteiger partial charge < -0.3 is 0 Å². The van der Waals surface area contributed by atoms with Crippen molar-refractivity contribution in [1.82, 2.24) is 10.9 Å². The molecule has 2 amide bonds. The highest BCUT2D eigenvalue weighted by molar-refractivity contribution is 5.99. The predicted octanol–water partition coefficient (Wildman–Crippen LogP) is 1.95. The molecular weight excluding hydrogens is 312 g/mol. The van der Waals surface area contributed by atoms with Crippen molar-refractivity contribution in [3.63, 3.8) is 0 Å². The molecule has 9 heteroatoms. The van der Waals surface area contributed by atoms with Gasteiger partial charge in [-0.3, -0.25) is 30.6 Å². The maximum atomic E-state index is 13.4. The molecule has 23 heavy (non-hydrogen) atoms. The minimum atomic E-state index is -1.09. The van der Waals surface area contributed by atoms with Crippen LogP contribution in [0.15, 0.2) is 42.5 Å². The van der Waals surface area contributed by atoms with Crippen LogP contribution in [0.3, 0.4) is 0 Å². The van der Waals surface area contributed by atoms with Crippen molar-refractivity contribution in [1.29, 1.82) is 0 Å². The first-order valence-electron chi connectivity index (χ1n) is 6.18. The van der Waals surface area contributed by atoms with Crippen LogP contribution in [-0.2, 0) is 0 Å². The lowest BCUT2D eigenvalue weighted by Gasteiger charge is -2.08. The molecule has 7 nitrogen and oxygen atoms in total. The topological polar surface area (TPSA) is 101 Å². The van der Waals surface area contributed by atoms with Gasteiger partial charge in [0.1, 0.15) is 11.6 Å². The Morgan fingerprint density at radius 3 is 2.35 bits per heavy atom. The highest BCUT2D eigenvalue weighted by atomic mass is 19.1. The lowest BCUT2D eigenvalue weighted by molar-refractivity contribution is -0.384. The van der Waals surface area contributed by atoms with Gasteiger partial charge in [-0.1, -0.05) is 6.07 Å². The smallest absolute Gasteiger partial charge is 0.267 e. The van der Waals surface area contributed by atoms with Crippen molar-refractivity contribution in [2.45, 2.75) is 0 Å². The van der Waals surface area contributed by atoms with E-state index in [9.17, 15) is 28.5 Å². The monoisotopic (exact) mass is 321 g/mol. The van der Waals surface area contributed by atoms with Crippen molar-refractivity contribution in [3.05, 3.63) is 75.3 Å². The SMILES string of the molecule is O=C(NNC(=O)c1ccc(F)cc1F)c1cccc([N+](=O)[O-])c1. The Bertz CT molecular complexity index is 795. The molecule has 2 aromatic rings. The van der Waals surface area contributed by atoms with Gasteiger partial charge in [-0.05, 0) is 18.2 Å². The lowest BCUT2D eigenvalue weighted by Crippen LogP contribution is -2.42. The molecule has 0 heterocycles. The molecule has 0 bridgehead atoms. The average molecular weight is 321 g/mol. The van der Waals surface area contributed by atoms with Gasteiger partial charge in [-0.25, -0.2) is 8.78 Å². The number of halogens is 2. The van der Waals surface area contributed by atoms with Gasteiger partial charge in [-0.2, -0.15) is 0 Å². The molecule has 0 saturated heterocycles. The number of hydrogen-bond acceptors (Lipinski definition) is 4. The molecule has 0 aromatic heterocycles. The minimum Gasteiger partial charge on any atom is -0.267 e. The number of carbonyl (C=O) groups excluding carboxylic acids is 2. The van der Waals surface area contributed by atoms with Crippen LogP contribution in [0.4, 0.5) is 14.5 Å². The number of nitrogens with zero attached hydrogens (tertiary/aromatic N) is 1. The first-order valence-corrected chi connectivity index (χ1v) is 6.18. The zero-order valence-electron chi connectivity index (χ0n) is 11.4. The number of hydrogen-bond donors (Lipinski definition) is 2. The molecule has 2 N–H and O–H groups in total. The van der Waals surface area contributed by atoms with E-state index in [1.54, 1.807) is 0 Å². The maximum absolute atomic E-state index is 13.4. The largest absolute Gasteiger partial charge is 0.272 e. The third kappa shape index (κ3) is 3.84. The van der Waals surface area contributed by atoms with E-state index >= 15 is 0 Å². The van der Waals surface area contributed by atoms with E-state index in [2.05, 4.69) is 0 Å². The number of hydrazine groups is 1. The van der Waals surface area contributed by atoms with Crippen LogP contribution in [0.1, 0.15) is 20.7 Å². The van der Waals surface area contributed by atoms with E-state index in [0.29, 0.717) is 6.07 Å². The second kappa shape index (κ2) is 6.60. The van der Waals surface area contributed by atoms with Crippen molar-refractivity contribution in [3.8, 4) is 0 Å². The zero-order chi connectivity index (χ0) is 17.0. The van der Waals surface area contributed by atoms with Crippen LogP contribution in [0.25, 0.3) is 0 Å². The summed E-state index contributed by atoms with van der Waals surface area (Å²) in [5.41, 5.74) is 3.08. The molecule has 2 aromatic carbocycles. The maximum Gasteiger partial charge on any atom is 0.272 e. The fraction of sp³-hybridized carbons (Fsp3) is 0. The van der Waals surface area contributed by atoms with Gasteiger partial charge in [0.05, 0.1) is 10.5 Å². The van der Waals surface area contributed by atoms with E-state index < -0.39 is 33.9 Å². The number of nitrogens with one attached hydrogen (secondary N) is 2. The molecule has 0 spiro atoms. The molecule has 118 valence electrons. The van der Waals surface area contributed by atoms with Crippen LogP contribution >= 0.6 is 0 Å². The van der Waals surface area contributed by atoms with E-state index in [1.807, 2.05) is 10.9 Å². The second-order valence-electron chi connectivity index (χ2n) is 4.34. The number of nitro groups is 1. The second-order valence-corrected chi connectivity index (χ2v) is 4.34. The van der Waals surface area contributed by atoms with E-state index in [1.165, 1.54) is 18.2 Å². The minimum absolute atomic E-state index is 0.0703. The Morgan fingerprint density at radius 2 is 1.70 bits per heavy atom. The highest BCUT2D eigenvalue weighted by Crippen LogP contribution is 2.13. The summed E-state index contributed by atoms with van der Waals surface area (Å²) in [7, 11) is 0. The van der Waals surface area contributed by atoms with Crippen molar-refractivity contribution < 1.29 is 23.3 Å². The molecule has 0 aliphatic carbocycles. The van der Waals surface area contributed by atoms with Crippen LogP contribution in [0.2, 0.25) is 0 Å². The van der Waals surface area contributed by atoms with E-state index in [-0.39, 0.29) is 11.3 Å². The Labute approximate surface area is 128 Å². The van der Waals surface area contributed by atoms with Gasteiger partial charge >= 0.3 is 0 Å². The van der Waals surface area contributed by atoms with Crippen LogP contribution in [-0.4, -0.2) is 16.7 Å². The molecule has 0 aliphatic rings. The number of rotatable bonds is 3. The Hall–Kier alpha value is -3.36. The average Bonchev–Trinajstić information content (AvgIpc) is 2.52. The number of non-ortho nitro benzene ring substituents is 1. The van der Waals surface area contributed by atoms with Crippen molar-refractivity contribution in [2.75, 3.05) is 0 Å². The Morgan fingerprint density at radius 1 is 1.00 bits per heavy atom. The molecule has 0 fully saturated rings. The first-order chi connectivity index (χ1) is 10.9. The molecule has 0 unspecified atom stereocenters. The zero-order valence-corrected chi connectivity index (χ0v) is 11.4. The predicted molar refractivity (Wildman–Crippen MR) is 74.4 cm³/mol. The molecule has 0 saturated carbocycles. The van der Waals surface area contributed by atoms with Crippen LogP contribution in [0, 0.1) is 21.7 Å². The Kier molecular flexibility index (Phi) is 4.60. The summed E-state index contributed by atoms with van der Waals surface area (Å²) in [6.07, 6.45) is 0. The summed E-state index contributed by atoms with van der Waals surface area (Å²) in [5.74, 6) is -3.77. The summed E-state index contributed by atoms with van der Waals surface area (Å²) in [6, 6.07) is 7.14. The standard InChI is InChI=1S/C14H9F2N3O4/c15-9-4-5-11(12(16)7-9)14(21)18-17-13(20)8-2-1-3-10(6-8)19(22)23/h1-7H,(H,17,20)(H,18,21). The lowest BCUT2D eigenvalue weighted by atomic mass is 10.2. The summed E-state index contributed by atoms with van der Waals surface area (Å²) in [5, 5.41) is 10.6. The summed E-state index contributed by atoms with van der Waals surface area (Å²) < 4.78 is 26.2. The fourth-order valence-electron chi connectivity index (χ4n) is 1.69. The first kappa shape index (κ1) is 16.0. The number of carbonyl (C=O) groups is 2. The molecule has 0 aliphatic heterocycles. The highest BCUT2D eigenvalue weighted by Gasteiger charge is 2.15. The summed E-state index contributed by atoms with van der Waals surface area (Å²) in [4.78, 5) is 33.4. The van der Waals surface area contributed by atoms with E-state index in [4.69, 9.17) is 0 Å². The summed E-state index contributed by atoms with van der Waals surface area (Å²) in [6.45, 7) is 0. The molecular formula is C14H9F2N3O4. The fourth-order valence-corrected chi connectivity index (χ4v) is 1.69. The Balaban J connectivity index is 2.05. The third-order valence-corrected chi connectivity index (χ3v) is 2.78. The number of nitro benzene ring substituents is 1. The van der Waals surface area contributed by atoms with Gasteiger partial charge in [0.25, 0.3) is 17.5 Å². The van der Waals surface area contributed by atoms with Gasteiger partial charge in [0.15, 0.2) is 0 Å². The third-order valence-electron chi connectivity index (χ3n) is 2.78. The van der Waals surface area contributed by atoms with Crippen LogP contribution in [0.5, 0.6) is 0 Å². The molecule has 0 radical (unpaired) electrons. The molecule has 0 atom stereocenters. The van der Waals surface area contributed by atoms with Crippen LogP contribution < -0.4 is 10.9 Å². The quantitative estimate of drug-likeness (QED) is 0.666. The normalized spacial score (nSPS) is 10.0. The van der Waals surface area contributed by atoms with E-state index in [0.717, 1.165) is 18.2 Å². The van der Waals surface area contributed by atoms with Crippen molar-refractivity contribution in [2.24, 2.45) is 0 Å². The van der Waals surface area contributed by atoms with Gasteiger partial charge in [-0.15, -0.1) is 0 Å². The van der Waals surface area contributed by atoms with Gasteiger partial charge in [0, 0.05) is 23.8 Å². The molecule has 2 rings (SSSR count). The summed E-state index contributed by atoms with van der Waals surface area (Å²) >= 11 is 0. The number of benzene rings is 2. The number of amides is 2. The van der Waals surface area contributed by atoms with Crippen molar-refractivity contribution >= 4 is 17.5 Å². The van der Waals surface area contributed by atoms with Gasteiger partial charge in [0.2, 0.25) is 0 Å².